The highest BCUT2D eigenvalue weighted by Crippen LogP contribution is 2.33. The average molecular weight is 293 g/mol. The Labute approximate surface area is 127 Å². The van der Waals surface area contributed by atoms with Crippen LogP contribution in [0.2, 0.25) is 0 Å². The van der Waals surface area contributed by atoms with Gasteiger partial charge >= 0.3 is 0 Å². The van der Waals surface area contributed by atoms with E-state index < -0.39 is 0 Å². The molecule has 0 amide bonds. The van der Waals surface area contributed by atoms with Crippen molar-refractivity contribution in [2.75, 3.05) is 26.2 Å². The summed E-state index contributed by atoms with van der Waals surface area (Å²) in [5.74, 6) is 1.19. The van der Waals surface area contributed by atoms with Crippen LogP contribution in [0.15, 0.2) is 23.1 Å². The Morgan fingerprint density at radius 1 is 1.20 bits per heavy atom. The first kappa shape index (κ1) is 15.6. The molecular formula is C17H27NOS. The molecule has 1 aromatic rings. The predicted molar refractivity (Wildman–Crippen MR) is 88.1 cm³/mol. The second kappa shape index (κ2) is 8.48. The fourth-order valence-corrected chi connectivity index (χ4v) is 3.55. The van der Waals surface area contributed by atoms with Crippen LogP contribution >= 0.6 is 11.3 Å². The van der Waals surface area contributed by atoms with Gasteiger partial charge in [0.05, 0.1) is 4.88 Å². The third kappa shape index (κ3) is 4.35. The molecule has 1 heterocycles. The van der Waals surface area contributed by atoms with E-state index in [4.69, 9.17) is 4.74 Å². The van der Waals surface area contributed by atoms with Crippen molar-refractivity contribution >= 4 is 17.1 Å². The molecule has 1 saturated carbocycles. The number of hydrogen-bond donors (Lipinski definition) is 0. The van der Waals surface area contributed by atoms with Crippen molar-refractivity contribution in [3.05, 3.63) is 28.0 Å². The molecule has 1 aliphatic carbocycles. The summed E-state index contributed by atoms with van der Waals surface area (Å²) in [4.78, 5) is 3.72. The van der Waals surface area contributed by atoms with Gasteiger partial charge in [0.15, 0.2) is 0 Å². The van der Waals surface area contributed by atoms with Crippen molar-refractivity contribution in [2.24, 2.45) is 0 Å². The number of allylic oxidation sites excluding steroid dienone is 1. The van der Waals surface area contributed by atoms with Crippen LogP contribution in [0.1, 0.15) is 50.8 Å². The lowest BCUT2D eigenvalue weighted by molar-refractivity contribution is 0.200. The third-order valence-corrected chi connectivity index (χ3v) is 4.94. The Kier molecular flexibility index (Phi) is 6.61. The lowest BCUT2D eigenvalue weighted by Crippen LogP contribution is -2.27. The standard InChI is InChI=1S/C17H27NOS/c1-3-18(4-2)12-13-19-17(16-11-8-14-20-16)15-9-6-5-7-10-15/h8,11,14H,3-7,9-10,12-13H2,1-2H3. The molecule has 2 nitrogen and oxygen atoms in total. The normalized spacial score (nSPS) is 15.7. The molecule has 0 saturated heterocycles. The Morgan fingerprint density at radius 2 is 1.95 bits per heavy atom. The van der Waals surface area contributed by atoms with Gasteiger partial charge in [-0.05, 0) is 55.8 Å². The van der Waals surface area contributed by atoms with Gasteiger partial charge in [-0.2, -0.15) is 0 Å². The maximum Gasteiger partial charge on any atom is 0.135 e. The number of likely N-dealkylation sites (N-methyl/N-ethyl adjacent to an activating group) is 1. The van der Waals surface area contributed by atoms with Crippen LogP contribution in [0, 0.1) is 0 Å². The fourth-order valence-electron chi connectivity index (χ4n) is 2.78. The number of rotatable bonds is 7. The molecule has 2 rings (SSSR count). The zero-order valence-corrected chi connectivity index (χ0v) is 13.7. The molecule has 112 valence electrons. The van der Waals surface area contributed by atoms with Gasteiger partial charge in [0, 0.05) is 6.54 Å². The van der Waals surface area contributed by atoms with E-state index in [1.54, 1.807) is 16.9 Å². The highest BCUT2D eigenvalue weighted by molar-refractivity contribution is 7.11. The highest BCUT2D eigenvalue weighted by Gasteiger charge is 2.15. The number of hydrogen-bond acceptors (Lipinski definition) is 3. The fraction of sp³-hybridized carbons (Fsp3) is 0.647. The van der Waals surface area contributed by atoms with Crippen LogP contribution in [0.3, 0.4) is 0 Å². The lowest BCUT2D eigenvalue weighted by Gasteiger charge is -2.22. The minimum absolute atomic E-state index is 0.804. The van der Waals surface area contributed by atoms with Crippen molar-refractivity contribution < 1.29 is 4.74 Å². The summed E-state index contributed by atoms with van der Waals surface area (Å²) in [5.41, 5.74) is 1.54. The van der Waals surface area contributed by atoms with E-state index in [-0.39, 0.29) is 0 Å². The number of ether oxygens (including phenoxy) is 1. The maximum atomic E-state index is 6.21. The molecule has 0 N–H and O–H groups in total. The molecule has 0 aromatic carbocycles. The van der Waals surface area contributed by atoms with E-state index in [1.807, 2.05) is 0 Å². The first-order valence-corrected chi connectivity index (χ1v) is 8.84. The van der Waals surface area contributed by atoms with Crippen LogP contribution in [-0.2, 0) is 4.74 Å². The molecule has 0 bridgehead atoms. The summed E-state index contributed by atoms with van der Waals surface area (Å²) in [6, 6.07) is 4.32. The van der Waals surface area contributed by atoms with E-state index in [1.165, 1.54) is 42.7 Å². The molecule has 3 heteroatoms. The van der Waals surface area contributed by atoms with Gasteiger partial charge in [-0.15, -0.1) is 11.3 Å². The van der Waals surface area contributed by atoms with E-state index in [9.17, 15) is 0 Å². The molecule has 0 aliphatic heterocycles. The largest absolute Gasteiger partial charge is 0.491 e. The van der Waals surface area contributed by atoms with E-state index >= 15 is 0 Å². The summed E-state index contributed by atoms with van der Waals surface area (Å²) < 4.78 is 6.21. The Hall–Kier alpha value is -0.800. The lowest BCUT2D eigenvalue weighted by atomic mass is 9.93. The molecule has 1 aromatic heterocycles. The van der Waals surface area contributed by atoms with Gasteiger partial charge < -0.3 is 9.64 Å². The summed E-state index contributed by atoms with van der Waals surface area (Å²) >= 11 is 1.80. The summed E-state index contributed by atoms with van der Waals surface area (Å²) in [7, 11) is 0. The number of nitrogens with zero attached hydrogens (tertiary/aromatic N) is 1. The molecule has 0 spiro atoms. The molecule has 0 unspecified atom stereocenters. The van der Waals surface area contributed by atoms with Gasteiger partial charge in [0.1, 0.15) is 12.4 Å². The zero-order chi connectivity index (χ0) is 14.2. The maximum absolute atomic E-state index is 6.21. The molecule has 0 radical (unpaired) electrons. The molecule has 1 fully saturated rings. The average Bonchev–Trinajstić information content (AvgIpc) is 3.02. The Balaban J connectivity index is 2.00. The Morgan fingerprint density at radius 3 is 2.55 bits per heavy atom. The van der Waals surface area contributed by atoms with E-state index in [0.717, 1.165) is 26.2 Å². The van der Waals surface area contributed by atoms with Crippen molar-refractivity contribution in [3.8, 4) is 0 Å². The molecule has 0 atom stereocenters. The van der Waals surface area contributed by atoms with Gasteiger partial charge in [-0.25, -0.2) is 0 Å². The molecular weight excluding hydrogens is 266 g/mol. The van der Waals surface area contributed by atoms with Crippen LogP contribution in [0.5, 0.6) is 0 Å². The molecule has 20 heavy (non-hydrogen) atoms. The first-order chi connectivity index (χ1) is 9.85. The van der Waals surface area contributed by atoms with Crippen LogP contribution in [0.25, 0.3) is 5.76 Å². The summed E-state index contributed by atoms with van der Waals surface area (Å²) in [5, 5.41) is 2.15. The summed E-state index contributed by atoms with van der Waals surface area (Å²) in [6.45, 7) is 8.45. The van der Waals surface area contributed by atoms with Crippen LogP contribution in [-0.4, -0.2) is 31.1 Å². The van der Waals surface area contributed by atoms with Gasteiger partial charge in [0.25, 0.3) is 0 Å². The number of thiophene rings is 1. The van der Waals surface area contributed by atoms with Crippen molar-refractivity contribution in [1.29, 1.82) is 0 Å². The minimum atomic E-state index is 0.804. The smallest absolute Gasteiger partial charge is 0.135 e. The quantitative estimate of drug-likeness (QED) is 0.671. The van der Waals surface area contributed by atoms with Gasteiger partial charge in [-0.3, -0.25) is 0 Å². The van der Waals surface area contributed by atoms with Crippen LogP contribution in [0.4, 0.5) is 0 Å². The van der Waals surface area contributed by atoms with Crippen LogP contribution < -0.4 is 0 Å². The second-order valence-corrected chi connectivity index (χ2v) is 6.29. The Bertz CT molecular complexity index is 399. The second-order valence-electron chi connectivity index (χ2n) is 5.35. The van der Waals surface area contributed by atoms with E-state index in [0.29, 0.717) is 0 Å². The third-order valence-electron chi connectivity index (χ3n) is 4.07. The van der Waals surface area contributed by atoms with Crippen molar-refractivity contribution in [2.45, 2.75) is 46.0 Å². The first-order valence-electron chi connectivity index (χ1n) is 7.96. The van der Waals surface area contributed by atoms with Gasteiger partial charge in [0.2, 0.25) is 0 Å². The molecule has 1 aliphatic rings. The summed E-state index contributed by atoms with van der Waals surface area (Å²) in [6.07, 6.45) is 6.46. The zero-order valence-electron chi connectivity index (χ0n) is 12.9. The minimum Gasteiger partial charge on any atom is -0.491 e. The SMILES string of the molecule is CCN(CC)CCOC(=C1CCCCC1)c1cccs1. The monoisotopic (exact) mass is 293 g/mol. The van der Waals surface area contributed by atoms with Gasteiger partial charge in [-0.1, -0.05) is 26.3 Å². The highest BCUT2D eigenvalue weighted by atomic mass is 32.1. The van der Waals surface area contributed by atoms with Crippen molar-refractivity contribution in [1.82, 2.24) is 4.90 Å². The topological polar surface area (TPSA) is 12.5 Å². The van der Waals surface area contributed by atoms with E-state index in [2.05, 4.69) is 36.3 Å². The van der Waals surface area contributed by atoms with Crippen molar-refractivity contribution in [3.63, 3.8) is 0 Å². The predicted octanol–water partition coefficient (Wildman–Crippen LogP) is 4.78.